The topological polar surface area (TPSA) is 32.3 Å². The standard InChI is InChI=1S/C14H16N2O/c17-14-9-4-10-16(15-14)13-8-3-6-11-5-1-2-7-12(11)13/h3-4,6,8,10H,1-2,5,7,9H2,(H,15,17). The van der Waals surface area contributed by atoms with Gasteiger partial charge in [-0.3, -0.25) is 15.2 Å². The molecule has 1 aromatic carbocycles. The Balaban J connectivity index is 1.99. The summed E-state index contributed by atoms with van der Waals surface area (Å²) in [6, 6.07) is 6.36. The van der Waals surface area contributed by atoms with Gasteiger partial charge in [-0.05, 0) is 42.9 Å². The summed E-state index contributed by atoms with van der Waals surface area (Å²) >= 11 is 0. The number of carbonyl (C=O) groups excluding carboxylic acids is 1. The zero-order valence-electron chi connectivity index (χ0n) is 9.78. The Labute approximate surface area is 101 Å². The second-order valence-corrected chi connectivity index (χ2v) is 4.62. The normalized spacial score (nSPS) is 18.8. The molecule has 1 aliphatic heterocycles. The third kappa shape index (κ3) is 1.93. The molecule has 1 amide bonds. The molecule has 1 N–H and O–H groups in total. The zero-order valence-corrected chi connectivity index (χ0v) is 9.78. The Morgan fingerprint density at radius 2 is 2.06 bits per heavy atom. The molecular formula is C14H16N2O. The molecular weight excluding hydrogens is 212 g/mol. The van der Waals surface area contributed by atoms with E-state index in [1.807, 2.05) is 17.3 Å². The molecule has 0 fully saturated rings. The number of rotatable bonds is 1. The number of hydrogen-bond acceptors (Lipinski definition) is 2. The molecule has 1 aromatic rings. The summed E-state index contributed by atoms with van der Waals surface area (Å²) in [5.74, 6) is 0.0564. The molecule has 1 aliphatic carbocycles. The summed E-state index contributed by atoms with van der Waals surface area (Å²) < 4.78 is 0. The first-order valence-electron chi connectivity index (χ1n) is 6.21. The quantitative estimate of drug-likeness (QED) is 0.800. The number of hydrogen-bond donors (Lipinski definition) is 1. The highest BCUT2D eigenvalue weighted by Crippen LogP contribution is 2.30. The van der Waals surface area contributed by atoms with Crippen LogP contribution in [0.2, 0.25) is 0 Å². The van der Waals surface area contributed by atoms with E-state index in [2.05, 4.69) is 23.6 Å². The van der Waals surface area contributed by atoms with Crippen LogP contribution in [0, 0.1) is 0 Å². The van der Waals surface area contributed by atoms with Crippen LogP contribution in [0.3, 0.4) is 0 Å². The Kier molecular flexibility index (Phi) is 2.59. The highest BCUT2D eigenvalue weighted by atomic mass is 16.2. The molecule has 0 saturated carbocycles. The first-order chi connectivity index (χ1) is 8.34. The summed E-state index contributed by atoms with van der Waals surface area (Å²) in [4.78, 5) is 11.4. The number of carbonyl (C=O) groups is 1. The number of hydrazine groups is 1. The minimum absolute atomic E-state index is 0.0564. The molecule has 0 bridgehead atoms. The average molecular weight is 228 g/mol. The molecule has 0 saturated heterocycles. The van der Waals surface area contributed by atoms with Gasteiger partial charge in [-0.2, -0.15) is 0 Å². The van der Waals surface area contributed by atoms with Gasteiger partial charge in [0.15, 0.2) is 0 Å². The van der Waals surface area contributed by atoms with E-state index in [0.717, 1.165) is 18.5 Å². The smallest absolute Gasteiger partial charge is 0.242 e. The first-order valence-corrected chi connectivity index (χ1v) is 6.21. The van der Waals surface area contributed by atoms with Gasteiger partial charge in [0.1, 0.15) is 0 Å². The van der Waals surface area contributed by atoms with E-state index < -0.39 is 0 Å². The van der Waals surface area contributed by atoms with Crippen LogP contribution in [0.4, 0.5) is 5.69 Å². The second-order valence-electron chi connectivity index (χ2n) is 4.62. The van der Waals surface area contributed by atoms with Gasteiger partial charge in [0, 0.05) is 12.6 Å². The van der Waals surface area contributed by atoms with E-state index in [1.54, 1.807) is 0 Å². The summed E-state index contributed by atoms with van der Waals surface area (Å²) in [7, 11) is 0. The van der Waals surface area contributed by atoms with Crippen LogP contribution in [0.1, 0.15) is 30.4 Å². The van der Waals surface area contributed by atoms with E-state index in [-0.39, 0.29) is 5.91 Å². The molecule has 0 spiro atoms. The van der Waals surface area contributed by atoms with Gasteiger partial charge in [-0.15, -0.1) is 0 Å². The van der Waals surface area contributed by atoms with Crippen LogP contribution >= 0.6 is 0 Å². The van der Waals surface area contributed by atoms with Crippen molar-refractivity contribution in [2.75, 3.05) is 5.01 Å². The van der Waals surface area contributed by atoms with Crippen molar-refractivity contribution < 1.29 is 4.79 Å². The van der Waals surface area contributed by atoms with Gasteiger partial charge in [0.05, 0.1) is 5.69 Å². The van der Waals surface area contributed by atoms with Crippen molar-refractivity contribution in [2.45, 2.75) is 32.1 Å². The molecule has 2 aliphatic rings. The molecule has 0 atom stereocenters. The molecule has 17 heavy (non-hydrogen) atoms. The van der Waals surface area contributed by atoms with Gasteiger partial charge in [-0.25, -0.2) is 0 Å². The molecule has 88 valence electrons. The fourth-order valence-electron chi connectivity index (χ4n) is 2.61. The van der Waals surface area contributed by atoms with Crippen LogP contribution in [-0.2, 0) is 17.6 Å². The Morgan fingerprint density at radius 1 is 1.18 bits per heavy atom. The van der Waals surface area contributed by atoms with E-state index in [9.17, 15) is 4.79 Å². The summed E-state index contributed by atoms with van der Waals surface area (Å²) in [5.41, 5.74) is 6.85. The average Bonchev–Trinajstić information content (AvgIpc) is 2.38. The fourth-order valence-corrected chi connectivity index (χ4v) is 2.61. The van der Waals surface area contributed by atoms with Gasteiger partial charge in [0.2, 0.25) is 5.91 Å². The molecule has 3 heteroatoms. The maximum atomic E-state index is 11.4. The van der Waals surface area contributed by atoms with Gasteiger partial charge in [-0.1, -0.05) is 18.2 Å². The van der Waals surface area contributed by atoms with Crippen LogP contribution in [0.15, 0.2) is 30.5 Å². The Hall–Kier alpha value is -1.77. The maximum absolute atomic E-state index is 11.4. The summed E-state index contributed by atoms with van der Waals surface area (Å²) in [6.07, 6.45) is 9.13. The first kappa shape index (κ1) is 10.4. The molecule has 3 nitrogen and oxygen atoms in total. The fraction of sp³-hybridized carbons (Fsp3) is 0.357. The van der Waals surface area contributed by atoms with Gasteiger partial charge < -0.3 is 0 Å². The molecule has 1 heterocycles. The van der Waals surface area contributed by atoms with Gasteiger partial charge >= 0.3 is 0 Å². The summed E-state index contributed by atoms with van der Waals surface area (Å²) in [6.45, 7) is 0. The van der Waals surface area contributed by atoms with Crippen molar-refractivity contribution in [3.8, 4) is 0 Å². The summed E-state index contributed by atoms with van der Waals surface area (Å²) in [5, 5.41) is 1.86. The number of amides is 1. The van der Waals surface area contributed by atoms with Crippen LogP contribution in [0.25, 0.3) is 0 Å². The highest BCUT2D eigenvalue weighted by molar-refractivity contribution is 5.81. The predicted molar refractivity (Wildman–Crippen MR) is 67.5 cm³/mol. The molecule has 3 rings (SSSR count). The number of aryl methyl sites for hydroxylation is 1. The van der Waals surface area contributed by atoms with Crippen LogP contribution in [0.5, 0.6) is 0 Å². The third-order valence-corrected chi connectivity index (χ3v) is 3.43. The van der Waals surface area contributed by atoms with Crippen molar-refractivity contribution in [3.05, 3.63) is 41.6 Å². The van der Waals surface area contributed by atoms with Crippen LogP contribution < -0.4 is 10.4 Å². The third-order valence-electron chi connectivity index (χ3n) is 3.43. The minimum atomic E-state index is 0.0564. The monoisotopic (exact) mass is 228 g/mol. The molecule has 0 unspecified atom stereocenters. The van der Waals surface area contributed by atoms with Crippen molar-refractivity contribution in [1.29, 1.82) is 0 Å². The van der Waals surface area contributed by atoms with Crippen LogP contribution in [-0.4, -0.2) is 5.91 Å². The number of benzene rings is 1. The van der Waals surface area contributed by atoms with Crippen molar-refractivity contribution in [3.63, 3.8) is 0 Å². The van der Waals surface area contributed by atoms with E-state index in [1.165, 1.54) is 24.0 Å². The number of nitrogens with one attached hydrogen (secondary N) is 1. The lowest BCUT2D eigenvalue weighted by molar-refractivity contribution is -0.120. The lowest BCUT2D eigenvalue weighted by Crippen LogP contribution is -2.41. The van der Waals surface area contributed by atoms with E-state index in [4.69, 9.17) is 0 Å². The van der Waals surface area contributed by atoms with E-state index in [0.29, 0.717) is 6.42 Å². The van der Waals surface area contributed by atoms with E-state index >= 15 is 0 Å². The minimum Gasteiger partial charge on any atom is -0.273 e. The maximum Gasteiger partial charge on any atom is 0.242 e. The van der Waals surface area contributed by atoms with Gasteiger partial charge in [0.25, 0.3) is 0 Å². The lowest BCUT2D eigenvalue weighted by Gasteiger charge is -2.29. The predicted octanol–water partition coefficient (Wildman–Crippen LogP) is 2.32. The Morgan fingerprint density at radius 3 is 2.94 bits per heavy atom. The molecule has 0 radical (unpaired) electrons. The number of anilines is 1. The highest BCUT2D eigenvalue weighted by Gasteiger charge is 2.18. The zero-order chi connectivity index (χ0) is 11.7. The lowest BCUT2D eigenvalue weighted by atomic mass is 9.90. The molecule has 0 aromatic heterocycles. The van der Waals surface area contributed by atoms with Crippen molar-refractivity contribution in [2.24, 2.45) is 0 Å². The SMILES string of the molecule is O=C1CC=CN(c2cccc3c2CCCC3)N1. The Bertz CT molecular complexity index is 479. The van der Waals surface area contributed by atoms with Crippen molar-refractivity contribution in [1.82, 2.24) is 5.43 Å². The van der Waals surface area contributed by atoms with Crippen molar-refractivity contribution >= 4 is 11.6 Å². The largest absolute Gasteiger partial charge is 0.273 e. The second kappa shape index (κ2) is 4.24. The number of fused-ring (bicyclic) bond motifs is 1. The number of nitrogens with zero attached hydrogens (tertiary/aromatic N) is 1.